The second-order valence-electron chi connectivity index (χ2n) is 3.28. The van der Waals surface area contributed by atoms with Crippen LogP contribution in [-0.2, 0) is 26.4 Å². The Labute approximate surface area is 125 Å². The van der Waals surface area contributed by atoms with Crippen molar-refractivity contribution in [2.24, 2.45) is 0 Å². The van der Waals surface area contributed by atoms with Crippen molar-refractivity contribution < 1.29 is 62.9 Å². The molecule has 0 saturated carbocycles. The van der Waals surface area contributed by atoms with E-state index in [9.17, 15) is 35.9 Å². The quantitative estimate of drug-likeness (QED) is 0.447. The van der Waals surface area contributed by atoms with Crippen molar-refractivity contribution >= 4 is 11.6 Å². The molecule has 0 aromatic rings. The Bertz CT molecular complexity index is 382. The van der Waals surface area contributed by atoms with Gasteiger partial charge in [-0.1, -0.05) is 0 Å². The van der Waals surface area contributed by atoms with Crippen LogP contribution >= 0.6 is 0 Å². The first-order valence-electron chi connectivity index (χ1n) is 4.64. The Hall–Kier alpha value is -1.49. The fraction of sp³-hybridized carbons (Fsp3) is 0.400. The molecule has 0 aliphatic carbocycles. The van der Waals surface area contributed by atoms with Crippen LogP contribution in [0.3, 0.4) is 0 Å². The summed E-state index contributed by atoms with van der Waals surface area (Å²) in [5.41, 5.74) is 0. The van der Waals surface area contributed by atoms with E-state index < -0.39 is 35.4 Å². The molecule has 11 heteroatoms. The minimum absolute atomic E-state index is 0. The van der Waals surface area contributed by atoms with E-state index in [2.05, 4.69) is 0 Å². The molecule has 0 unspecified atom stereocenters. The van der Waals surface area contributed by atoms with Gasteiger partial charge in [-0.3, -0.25) is 9.59 Å². The van der Waals surface area contributed by atoms with Crippen molar-refractivity contribution in [1.29, 1.82) is 0 Å². The van der Waals surface area contributed by atoms with Gasteiger partial charge in [-0.25, -0.2) is 0 Å². The molecule has 0 fully saturated rings. The molecule has 4 nitrogen and oxygen atoms in total. The molecule has 0 aliphatic heterocycles. The molecule has 0 saturated heterocycles. The van der Waals surface area contributed by atoms with Gasteiger partial charge in [0, 0.05) is 28.9 Å². The zero-order chi connectivity index (χ0) is 16.7. The molecule has 1 radical (unpaired) electrons. The van der Waals surface area contributed by atoms with Gasteiger partial charge in [-0.15, -0.1) is 0 Å². The third-order valence-corrected chi connectivity index (χ3v) is 1.26. The first-order valence-corrected chi connectivity index (χ1v) is 4.64. The summed E-state index contributed by atoms with van der Waals surface area (Å²) in [6.45, 7) is 1.84. The number of hydrogen-bond donors (Lipinski definition) is 2. The Balaban J connectivity index is -0.000000295. The average Bonchev–Trinajstić information content (AvgIpc) is 2.13. The molecular formula is C10H10CoF6O4. The van der Waals surface area contributed by atoms with E-state index in [-0.39, 0.29) is 28.9 Å². The van der Waals surface area contributed by atoms with E-state index in [0.717, 1.165) is 13.8 Å². The van der Waals surface area contributed by atoms with Crippen LogP contribution in [0.5, 0.6) is 0 Å². The van der Waals surface area contributed by atoms with Crippen LogP contribution in [0, 0.1) is 0 Å². The molecule has 0 rings (SSSR count). The van der Waals surface area contributed by atoms with E-state index >= 15 is 0 Å². The van der Waals surface area contributed by atoms with Gasteiger partial charge in [0.2, 0.25) is 11.5 Å². The zero-order valence-corrected chi connectivity index (χ0v) is 11.5. The van der Waals surface area contributed by atoms with Gasteiger partial charge in [0.05, 0.1) is 0 Å². The fourth-order valence-electron chi connectivity index (χ4n) is 0.549. The fourth-order valence-corrected chi connectivity index (χ4v) is 0.549. The third-order valence-electron chi connectivity index (χ3n) is 1.26. The summed E-state index contributed by atoms with van der Waals surface area (Å²) >= 11 is 0. The number of halogens is 6. The Morgan fingerprint density at radius 1 is 0.762 bits per heavy atom. The number of ketones is 2. The van der Waals surface area contributed by atoms with Gasteiger partial charge in [-0.2, -0.15) is 26.3 Å². The standard InChI is InChI=1S/2C5H5F3O2.Co/c2*1-3(9)2-4(10)5(6,7)8;/h2*2,10H,1H3;/b2*4-2+;. The summed E-state index contributed by atoms with van der Waals surface area (Å²) in [7, 11) is 0. The number of rotatable bonds is 2. The van der Waals surface area contributed by atoms with E-state index in [1.165, 1.54) is 0 Å². The average molecular weight is 367 g/mol. The summed E-state index contributed by atoms with van der Waals surface area (Å²) in [6, 6.07) is 0. The summed E-state index contributed by atoms with van der Waals surface area (Å²) in [4.78, 5) is 19.9. The second kappa shape index (κ2) is 9.44. The van der Waals surface area contributed by atoms with E-state index in [1.807, 2.05) is 0 Å². The van der Waals surface area contributed by atoms with Crippen LogP contribution in [-0.4, -0.2) is 34.1 Å². The van der Waals surface area contributed by atoms with Gasteiger partial charge >= 0.3 is 12.4 Å². The Morgan fingerprint density at radius 3 is 1.00 bits per heavy atom. The van der Waals surface area contributed by atoms with E-state index in [0.29, 0.717) is 0 Å². The summed E-state index contributed by atoms with van der Waals surface area (Å²) in [5.74, 6) is -5.40. The Kier molecular flexibility index (Phi) is 11.0. The molecule has 125 valence electrons. The molecule has 0 aliphatic rings. The second-order valence-corrected chi connectivity index (χ2v) is 3.28. The predicted octanol–water partition coefficient (Wildman–Crippen LogP) is 3.16. The molecule has 0 bridgehead atoms. The number of alkyl halides is 6. The predicted molar refractivity (Wildman–Crippen MR) is 54.9 cm³/mol. The van der Waals surface area contributed by atoms with Gasteiger partial charge in [0.15, 0.2) is 11.6 Å². The number of allylic oxidation sites excluding steroid dienone is 4. The third kappa shape index (κ3) is 14.7. The van der Waals surface area contributed by atoms with Crippen molar-refractivity contribution in [2.45, 2.75) is 26.2 Å². The van der Waals surface area contributed by atoms with Crippen molar-refractivity contribution in [3.05, 3.63) is 23.7 Å². The van der Waals surface area contributed by atoms with E-state index in [1.54, 1.807) is 0 Å². The van der Waals surface area contributed by atoms with Gasteiger partial charge in [-0.05, 0) is 13.8 Å². The van der Waals surface area contributed by atoms with Crippen LogP contribution in [0.2, 0.25) is 0 Å². The number of carbonyl (C=O) groups is 2. The number of aliphatic hydroxyl groups is 2. The van der Waals surface area contributed by atoms with Crippen LogP contribution in [0.1, 0.15) is 13.8 Å². The van der Waals surface area contributed by atoms with Crippen LogP contribution in [0.15, 0.2) is 23.7 Å². The minimum Gasteiger partial charge on any atom is -0.504 e. The topological polar surface area (TPSA) is 74.6 Å². The first kappa shape index (κ1) is 24.5. The van der Waals surface area contributed by atoms with Crippen molar-refractivity contribution in [3.8, 4) is 0 Å². The number of hydrogen-bond acceptors (Lipinski definition) is 4. The van der Waals surface area contributed by atoms with Crippen LogP contribution in [0.4, 0.5) is 26.3 Å². The van der Waals surface area contributed by atoms with Gasteiger partial charge in [0.25, 0.3) is 0 Å². The maximum absolute atomic E-state index is 11.3. The molecule has 0 aromatic heterocycles. The smallest absolute Gasteiger partial charge is 0.448 e. The molecule has 0 heterocycles. The summed E-state index contributed by atoms with van der Waals surface area (Å²) in [5, 5.41) is 16.1. The van der Waals surface area contributed by atoms with Crippen LogP contribution in [0.25, 0.3) is 0 Å². The minimum atomic E-state index is -4.81. The van der Waals surface area contributed by atoms with Gasteiger partial charge < -0.3 is 10.2 Å². The SMILES string of the molecule is CC(=O)/C=C(/O)C(F)(F)F.CC(=O)/C=C(/O)C(F)(F)F.[Co]. The van der Waals surface area contributed by atoms with E-state index in [4.69, 9.17) is 10.2 Å². The van der Waals surface area contributed by atoms with Crippen molar-refractivity contribution in [2.75, 3.05) is 0 Å². The largest absolute Gasteiger partial charge is 0.504 e. The maximum Gasteiger partial charge on any atom is 0.448 e. The monoisotopic (exact) mass is 367 g/mol. The number of aliphatic hydroxyl groups excluding tert-OH is 2. The summed E-state index contributed by atoms with van der Waals surface area (Å²) < 4.78 is 68.0. The molecule has 2 N–H and O–H groups in total. The summed E-state index contributed by atoms with van der Waals surface area (Å²) in [6.07, 6.45) is -9.38. The van der Waals surface area contributed by atoms with Crippen molar-refractivity contribution in [1.82, 2.24) is 0 Å². The normalized spacial score (nSPS) is 12.8. The molecule has 0 atom stereocenters. The number of carbonyl (C=O) groups excluding carboxylic acids is 2. The maximum atomic E-state index is 11.3. The first-order chi connectivity index (χ1) is 8.67. The van der Waals surface area contributed by atoms with Crippen LogP contribution < -0.4 is 0 Å². The molecule has 0 amide bonds. The molecule has 0 aromatic carbocycles. The zero-order valence-electron chi connectivity index (χ0n) is 10.5. The molecule has 21 heavy (non-hydrogen) atoms. The molecule has 0 spiro atoms. The molecular weight excluding hydrogens is 357 g/mol. The van der Waals surface area contributed by atoms with Gasteiger partial charge in [0.1, 0.15) is 0 Å². The Morgan fingerprint density at radius 2 is 0.952 bits per heavy atom. The van der Waals surface area contributed by atoms with Crippen molar-refractivity contribution in [3.63, 3.8) is 0 Å².